The number of ketones is 1. The summed E-state index contributed by atoms with van der Waals surface area (Å²) in [4.78, 5) is 20.1. The Bertz CT molecular complexity index is 1220. The van der Waals surface area contributed by atoms with E-state index in [9.17, 15) is 4.79 Å². The number of rotatable bonds is 11. The number of aromatic nitrogens is 1. The van der Waals surface area contributed by atoms with Gasteiger partial charge in [0.1, 0.15) is 17.6 Å². The van der Waals surface area contributed by atoms with Gasteiger partial charge in [0, 0.05) is 36.0 Å². The standard InChI is InChI=1S/C29H32N2O5/c1-31(2)14-15-34-28(23-6-4-5-7-24(23)33-3)20-8-10-22(30-18-20)17-27(32)29(12-13-29)21-9-11-25-26(16-21)36-19-35-25/h4-11,16,18,28H,12-15,17,19H2,1-3H3. The third-order valence-corrected chi connectivity index (χ3v) is 6.95. The quantitative estimate of drug-likeness (QED) is 0.398. The molecule has 2 aliphatic rings. The molecule has 1 fully saturated rings. The Morgan fingerprint density at radius 3 is 2.61 bits per heavy atom. The molecule has 1 unspecified atom stereocenters. The maximum absolute atomic E-state index is 13.4. The fourth-order valence-electron chi connectivity index (χ4n) is 4.68. The van der Waals surface area contributed by atoms with Crippen LogP contribution in [0, 0.1) is 0 Å². The molecule has 7 nitrogen and oxygen atoms in total. The van der Waals surface area contributed by atoms with E-state index >= 15 is 0 Å². The number of ether oxygens (including phenoxy) is 4. The number of para-hydroxylation sites is 1. The van der Waals surface area contributed by atoms with Crippen molar-refractivity contribution < 1.29 is 23.7 Å². The van der Waals surface area contributed by atoms with Crippen molar-refractivity contribution in [3.05, 3.63) is 83.2 Å². The molecule has 0 bridgehead atoms. The van der Waals surface area contributed by atoms with Crippen molar-refractivity contribution in [1.82, 2.24) is 9.88 Å². The molecule has 0 N–H and O–H groups in total. The smallest absolute Gasteiger partial charge is 0.231 e. The highest BCUT2D eigenvalue weighted by molar-refractivity contribution is 5.94. The van der Waals surface area contributed by atoms with E-state index in [0.717, 1.165) is 53.3 Å². The molecule has 1 aliphatic carbocycles. The summed E-state index contributed by atoms with van der Waals surface area (Å²) < 4.78 is 22.8. The Kier molecular flexibility index (Phi) is 6.94. The van der Waals surface area contributed by atoms with Gasteiger partial charge in [-0.3, -0.25) is 9.78 Å². The lowest BCUT2D eigenvalue weighted by Gasteiger charge is -2.22. The highest BCUT2D eigenvalue weighted by atomic mass is 16.7. The zero-order valence-electron chi connectivity index (χ0n) is 21.0. The molecule has 2 heterocycles. The predicted molar refractivity (Wildman–Crippen MR) is 136 cm³/mol. The molecule has 3 aromatic rings. The first-order valence-electron chi connectivity index (χ1n) is 12.3. The first-order valence-corrected chi connectivity index (χ1v) is 12.3. The van der Waals surface area contributed by atoms with Crippen LogP contribution in [0.3, 0.4) is 0 Å². The molecule has 188 valence electrons. The van der Waals surface area contributed by atoms with Crippen LogP contribution >= 0.6 is 0 Å². The molecule has 1 saturated carbocycles. The van der Waals surface area contributed by atoms with Crippen LogP contribution in [0.2, 0.25) is 0 Å². The minimum atomic E-state index is -0.448. The Morgan fingerprint density at radius 1 is 1.08 bits per heavy atom. The molecule has 1 aromatic heterocycles. The van der Waals surface area contributed by atoms with Gasteiger partial charge in [-0.2, -0.15) is 0 Å². The van der Waals surface area contributed by atoms with E-state index in [0.29, 0.717) is 12.4 Å². The van der Waals surface area contributed by atoms with Crippen molar-refractivity contribution in [2.45, 2.75) is 30.8 Å². The van der Waals surface area contributed by atoms with Crippen molar-refractivity contribution >= 4 is 5.78 Å². The second-order valence-corrected chi connectivity index (χ2v) is 9.63. The highest BCUT2D eigenvalue weighted by Crippen LogP contribution is 2.51. The average molecular weight is 489 g/mol. The number of carbonyl (C=O) groups is 1. The minimum Gasteiger partial charge on any atom is -0.496 e. The van der Waals surface area contributed by atoms with Crippen LogP contribution in [-0.2, 0) is 21.4 Å². The van der Waals surface area contributed by atoms with E-state index in [1.54, 1.807) is 7.11 Å². The van der Waals surface area contributed by atoms with E-state index in [1.807, 2.05) is 74.9 Å². The van der Waals surface area contributed by atoms with Gasteiger partial charge in [-0.25, -0.2) is 0 Å². The van der Waals surface area contributed by atoms with Gasteiger partial charge in [0.25, 0.3) is 0 Å². The Morgan fingerprint density at radius 2 is 1.89 bits per heavy atom. The average Bonchev–Trinajstić information content (AvgIpc) is 3.58. The Hall–Kier alpha value is -3.42. The molecule has 0 saturated heterocycles. The largest absolute Gasteiger partial charge is 0.496 e. The summed E-state index contributed by atoms with van der Waals surface area (Å²) in [6.45, 7) is 1.59. The van der Waals surface area contributed by atoms with Crippen molar-refractivity contribution in [1.29, 1.82) is 0 Å². The van der Waals surface area contributed by atoms with Gasteiger partial charge < -0.3 is 23.8 Å². The van der Waals surface area contributed by atoms with Crippen LogP contribution in [0.4, 0.5) is 0 Å². The summed E-state index contributed by atoms with van der Waals surface area (Å²) in [5.74, 6) is 2.40. The van der Waals surface area contributed by atoms with Crippen LogP contribution < -0.4 is 14.2 Å². The topological polar surface area (TPSA) is 70.1 Å². The second kappa shape index (κ2) is 10.3. The zero-order chi connectivity index (χ0) is 25.1. The first kappa shape index (κ1) is 24.3. The number of nitrogens with zero attached hydrogens (tertiary/aromatic N) is 2. The number of hydrogen-bond acceptors (Lipinski definition) is 7. The van der Waals surface area contributed by atoms with Crippen LogP contribution in [0.15, 0.2) is 60.8 Å². The van der Waals surface area contributed by atoms with Crippen molar-refractivity contribution in [3.63, 3.8) is 0 Å². The molecule has 1 aliphatic heterocycles. The lowest BCUT2D eigenvalue weighted by molar-refractivity contribution is -0.120. The lowest BCUT2D eigenvalue weighted by atomic mass is 9.88. The zero-order valence-corrected chi connectivity index (χ0v) is 21.0. The number of likely N-dealkylation sites (N-methyl/N-ethyl adjacent to an activating group) is 1. The van der Waals surface area contributed by atoms with Gasteiger partial charge in [-0.1, -0.05) is 30.3 Å². The molecule has 7 heteroatoms. The van der Waals surface area contributed by atoms with Crippen LogP contribution in [0.25, 0.3) is 0 Å². The van der Waals surface area contributed by atoms with Crippen molar-refractivity contribution in [2.24, 2.45) is 0 Å². The third kappa shape index (κ3) is 4.94. The van der Waals surface area contributed by atoms with E-state index in [2.05, 4.69) is 9.88 Å². The maximum atomic E-state index is 13.4. The van der Waals surface area contributed by atoms with Crippen LogP contribution in [0.1, 0.15) is 41.3 Å². The fourth-order valence-corrected chi connectivity index (χ4v) is 4.68. The molecule has 36 heavy (non-hydrogen) atoms. The van der Waals surface area contributed by atoms with Crippen LogP contribution in [0.5, 0.6) is 17.2 Å². The van der Waals surface area contributed by atoms with Gasteiger partial charge in [0.05, 0.1) is 19.1 Å². The number of fused-ring (bicyclic) bond motifs is 1. The minimum absolute atomic E-state index is 0.185. The van der Waals surface area contributed by atoms with Gasteiger partial charge in [-0.15, -0.1) is 0 Å². The second-order valence-electron chi connectivity index (χ2n) is 9.63. The van der Waals surface area contributed by atoms with Gasteiger partial charge >= 0.3 is 0 Å². The number of carbonyl (C=O) groups excluding carboxylic acids is 1. The lowest BCUT2D eigenvalue weighted by Crippen LogP contribution is -2.23. The molecule has 2 aromatic carbocycles. The Balaban J connectivity index is 1.33. The van der Waals surface area contributed by atoms with E-state index in [1.165, 1.54) is 0 Å². The number of benzene rings is 2. The number of methoxy groups -OCH3 is 1. The number of pyridine rings is 1. The van der Waals surface area contributed by atoms with Gasteiger partial charge in [0.2, 0.25) is 6.79 Å². The molecular weight excluding hydrogens is 456 g/mol. The van der Waals surface area contributed by atoms with Gasteiger partial charge in [-0.05, 0) is 56.8 Å². The monoisotopic (exact) mass is 488 g/mol. The summed E-state index contributed by atoms with van der Waals surface area (Å²) in [5, 5.41) is 0. The van der Waals surface area contributed by atoms with Crippen LogP contribution in [-0.4, -0.2) is 56.8 Å². The number of hydrogen-bond donors (Lipinski definition) is 0. The summed E-state index contributed by atoms with van der Waals surface area (Å²) in [6.07, 6.45) is 3.48. The molecule has 5 rings (SSSR count). The maximum Gasteiger partial charge on any atom is 0.231 e. The number of Topliss-reactive ketones (excluding diaryl/α,β-unsaturated/α-hetero) is 1. The van der Waals surface area contributed by atoms with E-state index < -0.39 is 5.41 Å². The first-order chi connectivity index (χ1) is 17.5. The normalized spacial score (nSPS) is 16.1. The van der Waals surface area contributed by atoms with E-state index in [-0.39, 0.29) is 25.1 Å². The Labute approximate surface area is 212 Å². The van der Waals surface area contributed by atoms with Crippen molar-refractivity contribution in [3.8, 4) is 17.2 Å². The summed E-state index contributed by atoms with van der Waals surface area (Å²) in [7, 11) is 5.70. The fraction of sp³-hybridized carbons (Fsp3) is 0.379. The summed E-state index contributed by atoms with van der Waals surface area (Å²) >= 11 is 0. The molecule has 0 radical (unpaired) electrons. The molecular formula is C29H32N2O5. The molecule has 1 atom stereocenters. The van der Waals surface area contributed by atoms with Crippen molar-refractivity contribution in [2.75, 3.05) is 41.1 Å². The SMILES string of the molecule is COc1ccccc1C(OCCN(C)C)c1ccc(CC(=O)C2(c3ccc4c(c3)OCO4)CC2)nc1. The molecule has 0 amide bonds. The summed E-state index contributed by atoms with van der Waals surface area (Å²) in [5.41, 5.74) is 3.17. The third-order valence-electron chi connectivity index (χ3n) is 6.95. The summed E-state index contributed by atoms with van der Waals surface area (Å²) in [6, 6.07) is 17.6. The van der Waals surface area contributed by atoms with E-state index in [4.69, 9.17) is 18.9 Å². The van der Waals surface area contributed by atoms with Gasteiger partial charge in [0.15, 0.2) is 11.5 Å². The predicted octanol–water partition coefficient (Wildman–Crippen LogP) is 4.33. The molecule has 0 spiro atoms. The highest BCUT2D eigenvalue weighted by Gasteiger charge is 2.51.